The second-order valence-electron chi connectivity index (χ2n) is 5.20. The molecule has 0 spiro atoms. The number of aromatic nitrogens is 2. The molecule has 0 saturated heterocycles. The molecule has 0 N–H and O–H groups in total. The highest BCUT2D eigenvalue weighted by atomic mass is 19.3. The van der Waals surface area contributed by atoms with E-state index in [1.165, 1.54) is 49.6 Å². The quantitative estimate of drug-likeness (QED) is 0.670. The summed E-state index contributed by atoms with van der Waals surface area (Å²) in [6.45, 7) is -2.96. The zero-order valence-corrected chi connectivity index (χ0v) is 13.5. The molecule has 0 amide bonds. The molecule has 0 unspecified atom stereocenters. The van der Waals surface area contributed by atoms with E-state index in [2.05, 4.69) is 9.84 Å². The van der Waals surface area contributed by atoms with Crippen LogP contribution in [0.15, 0.2) is 51.7 Å². The lowest BCUT2D eigenvalue weighted by molar-refractivity contribution is -0.0512. The van der Waals surface area contributed by atoms with Crippen LogP contribution in [0.4, 0.5) is 13.2 Å². The standard InChI is InChI=1S/C17H13F3N2O4/c1-24-14-8-10(2-7-13(14)25-16(19)20)9-22-17(23)26-15(21-22)11-3-5-12(18)6-4-11/h2-8,16H,9H2,1H3. The van der Waals surface area contributed by atoms with E-state index in [9.17, 15) is 18.0 Å². The molecule has 3 aromatic rings. The molecule has 0 aliphatic rings. The van der Waals surface area contributed by atoms with Crippen molar-refractivity contribution in [2.24, 2.45) is 0 Å². The van der Waals surface area contributed by atoms with Crippen molar-refractivity contribution in [1.29, 1.82) is 0 Å². The van der Waals surface area contributed by atoms with Gasteiger partial charge in [0.2, 0.25) is 5.89 Å². The monoisotopic (exact) mass is 366 g/mol. The predicted octanol–water partition coefficient (Wildman–Crippen LogP) is 3.30. The van der Waals surface area contributed by atoms with Crippen LogP contribution < -0.4 is 15.2 Å². The van der Waals surface area contributed by atoms with Crippen LogP contribution in [0, 0.1) is 5.82 Å². The number of nitrogens with zero attached hydrogens (tertiary/aromatic N) is 2. The van der Waals surface area contributed by atoms with Gasteiger partial charge >= 0.3 is 12.4 Å². The highest BCUT2D eigenvalue weighted by Crippen LogP contribution is 2.29. The van der Waals surface area contributed by atoms with Crippen molar-refractivity contribution in [2.75, 3.05) is 7.11 Å². The lowest BCUT2D eigenvalue weighted by atomic mass is 10.2. The van der Waals surface area contributed by atoms with Crippen molar-refractivity contribution in [3.05, 3.63) is 64.4 Å². The van der Waals surface area contributed by atoms with Gasteiger partial charge in [-0.25, -0.2) is 9.18 Å². The van der Waals surface area contributed by atoms with Crippen LogP contribution in [-0.4, -0.2) is 23.5 Å². The smallest absolute Gasteiger partial charge is 0.437 e. The summed E-state index contributed by atoms with van der Waals surface area (Å²) >= 11 is 0. The summed E-state index contributed by atoms with van der Waals surface area (Å²) in [5.41, 5.74) is 1.00. The molecule has 26 heavy (non-hydrogen) atoms. The molecule has 136 valence electrons. The Balaban J connectivity index is 1.85. The van der Waals surface area contributed by atoms with Gasteiger partial charge in [-0.3, -0.25) is 0 Å². The summed E-state index contributed by atoms with van der Waals surface area (Å²) in [5.74, 6) is -1.12. The van der Waals surface area contributed by atoms with E-state index in [1.807, 2.05) is 0 Å². The minimum atomic E-state index is -2.98. The highest BCUT2D eigenvalue weighted by molar-refractivity contribution is 5.51. The first-order valence-corrected chi connectivity index (χ1v) is 7.42. The fourth-order valence-corrected chi connectivity index (χ4v) is 2.29. The third-order valence-corrected chi connectivity index (χ3v) is 3.47. The topological polar surface area (TPSA) is 66.5 Å². The molecule has 0 radical (unpaired) electrons. The normalized spacial score (nSPS) is 11.0. The number of benzene rings is 2. The Hall–Kier alpha value is -3.23. The van der Waals surface area contributed by atoms with Crippen LogP contribution in [0.2, 0.25) is 0 Å². The number of methoxy groups -OCH3 is 1. The van der Waals surface area contributed by atoms with E-state index in [4.69, 9.17) is 9.15 Å². The second kappa shape index (κ2) is 7.34. The minimum absolute atomic E-state index is 0.0227. The van der Waals surface area contributed by atoms with Gasteiger partial charge in [-0.15, -0.1) is 5.10 Å². The van der Waals surface area contributed by atoms with Crippen LogP contribution in [0.25, 0.3) is 11.5 Å². The molecule has 0 aliphatic heterocycles. The molecule has 0 fully saturated rings. The van der Waals surface area contributed by atoms with Crippen molar-refractivity contribution in [1.82, 2.24) is 9.78 Å². The predicted molar refractivity (Wildman–Crippen MR) is 84.9 cm³/mol. The summed E-state index contributed by atoms with van der Waals surface area (Å²) < 4.78 is 53.2. The summed E-state index contributed by atoms with van der Waals surface area (Å²) in [6, 6.07) is 9.58. The van der Waals surface area contributed by atoms with Gasteiger partial charge in [-0.05, 0) is 42.0 Å². The van der Waals surface area contributed by atoms with Crippen molar-refractivity contribution in [3.63, 3.8) is 0 Å². The second-order valence-corrected chi connectivity index (χ2v) is 5.20. The van der Waals surface area contributed by atoms with Crippen LogP contribution in [0.3, 0.4) is 0 Å². The number of rotatable bonds is 6. The van der Waals surface area contributed by atoms with Crippen molar-refractivity contribution in [3.8, 4) is 23.0 Å². The molecule has 2 aromatic carbocycles. The first-order valence-electron chi connectivity index (χ1n) is 7.42. The zero-order chi connectivity index (χ0) is 18.7. The van der Waals surface area contributed by atoms with Gasteiger partial charge in [-0.2, -0.15) is 13.5 Å². The summed E-state index contributed by atoms with van der Waals surface area (Å²) in [4.78, 5) is 12.0. The Bertz CT molecular complexity index is 951. The SMILES string of the molecule is COc1cc(Cn2nc(-c3ccc(F)cc3)oc2=O)ccc1OC(F)F. The molecular weight excluding hydrogens is 353 g/mol. The van der Waals surface area contributed by atoms with Gasteiger partial charge in [-0.1, -0.05) is 6.07 Å². The minimum Gasteiger partial charge on any atom is -0.493 e. The molecule has 6 nitrogen and oxygen atoms in total. The van der Waals surface area contributed by atoms with Gasteiger partial charge in [0.05, 0.1) is 13.7 Å². The molecule has 0 aliphatic carbocycles. The van der Waals surface area contributed by atoms with Crippen molar-refractivity contribution < 1.29 is 27.1 Å². The number of ether oxygens (including phenoxy) is 2. The van der Waals surface area contributed by atoms with Gasteiger partial charge in [0.1, 0.15) is 5.82 Å². The maximum Gasteiger partial charge on any atom is 0.437 e. The Kier molecular flexibility index (Phi) is 4.97. The van der Waals surface area contributed by atoms with Crippen LogP contribution in [-0.2, 0) is 6.54 Å². The molecule has 3 rings (SSSR count). The molecular formula is C17H13F3N2O4. The number of hydrogen-bond donors (Lipinski definition) is 0. The lowest BCUT2D eigenvalue weighted by Gasteiger charge is -2.11. The summed E-state index contributed by atoms with van der Waals surface area (Å²) in [7, 11) is 1.31. The maximum atomic E-state index is 13.0. The van der Waals surface area contributed by atoms with Gasteiger partial charge in [0.15, 0.2) is 11.5 Å². The fraction of sp³-hybridized carbons (Fsp3) is 0.176. The molecule has 0 bridgehead atoms. The van der Waals surface area contributed by atoms with Crippen LogP contribution >= 0.6 is 0 Å². The number of halogens is 3. The Morgan fingerprint density at radius 2 is 1.88 bits per heavy atom. The Morgan fingerprint density at radius 1 is 1.15 bits per heavy atom. The van der Waals surface area contributed by atoms with E-state index in [0.29, 0.717) is 11.1 Å². The Labute approximate surface area is 145 Å². The molecule has 0 saturated carbocycles. The zero-order valence-electron chi connectivity index (χ0n) is 13.5. The van der Waals surface area contributed by atoms with E-state index in [1.54, 1.807) is 0 Å². The summed E-state index contributed by atoms with van der Waals surface area (Å²) in [6.07, 6.45) is 0. The van der Waals surface area contributed by atoms with Gasteiger partial charge in [0, 0.05) is 5.56 Å². The van der Waals surface area contributed by atoms with Crippen molar-refractivity contribution >= 4 is 0 Å². The molecule has 1 aromatic heterocycles. The maximum absolute atomic E-state index is 13.0. The lowest BCUT2D eigenvalue weighted by Crippen LogP contribution is -2.16. The van der Waals surface area contributed by atoms with E-state index in [-0.39, 0.29) is 23.9 Å². The van der Waals surface area contributed by atoms with Crippen molar-refractivity contribution in [2.45, 2.75) is 13.2 Å². The average molecular weight is 366 g/mol. The number of alkyl halides is 2. The van der Waals surface area contributed by atoms with Gasteiger partial charge < -0.3 is 13.9 Å². The molecule has 0 atom stereocenters. The third kappa shape index (κ3) is 3.88. The largest absolute Gasteiger partial charge is 0.493 e. The van der Waals surface area contributed by atoms with Crippen LogP contribution in [0.5, 0.6) is 11.5 Å². The molecule has 9 heteroatoms. The molecule has 1 heterocycles. The van der Waals surface area contributed by atoms with Crippen LogP contribution in [0.1, 0.15) is 5.56 Å². The summed E-state index contributed by atoms with van der Waals surface area (Å²) in [5, 5.41) is 4.05. The van der Waals surface area contributed by atoms with E-state index in [0.717, 1.165) is 4.68 Å². The highest BCUT2D eigenvalue weighted by Gasteiger charge is 2.14. The third-order valence-electron chi connectivity index (χ3n) is 3.47. The first kappa shape index (κ1) is 17.6. The van der Waals surface area contributed by atoms with Gasteiger partial charge in [0.25, 0.3) is 0 Å². The first-order chi connectivity index (χ1) is 12.5. The average Bonchev–Trinajstić information content (AvgIpc) is 2.97. The fourth-order valence-electron chi connectivity index (χ4n) is 2.29. The Morgan fingerprint density at radius 3 is 2.54 bits per heavy atom. The van der Waals surface area contributed by atoms with E-state index < -0.39 is 18.2 Å². The number of hydrogen-bond acceptors (Lipinski definition) is 5. The van der Waals surface area contributed by atoms with E-state index >= 15 is 0 Å².